The third-order valence-corrected chi connectivity index (χ3v) is 3.55. The predicted molar refractivity (Wildman–Crippen MR) is 30.4 cm³/mol. The Hall–Kier alpha value is 0.440. The highest BCUT2D eigenvalue weighted by Crippen LogP contribution is 2.69. The Morgan fingerprint density at radius 1 is 1.57 bits per heavy atom. The van der Waals surface area contributed by atoms with E-state index in [0.29, 0.717) is 10.2 Å². The van der Waals surface area contributed by atoms with Crippen LogP contribution in [0.1, 0.15) is 12.8 Å². The average molecular weight is 163 g/mol. The highest BCUT2D eigenvalue weighted by atomic mass is 79.9. The summed E-state index contributed by atoms with van der Waals surface area (Å²) in [6, 6.07) is 0. The van der Waals surface area contributed by atoms with Gasteiger partial charge in [-0.25, -0.2) is 0 Å². The average Bonchev–Trinajstić information content (AvgIpc) is 2.47. The van der Waals surface area contributed by atoms with Gasteiger partial charge in [-0.1, -0.05) is 15.9 Å². The Labute approximate surface area is 50.8 Å². The third-order valence-electron chi connectivity index (χ3n) is 2.13. The number of alkyl halides is 1. The molecule has 1 N–H and O–H groups in total. The molecule has 0 aromatic rings. The lowest BCUT2D eigenvalue weighted by atomic mass is 10.4. The topological polar surface area (TPSA) is 20.2 Å². The maximum Gasteiger partial charge on any atom is 0.0739 e. The van der Waals surface area contributed by atoms with Crippen molar-refractivity contribution in [2.24, 2.45) is 5.41 Å². The number of aliphatic hydroxyl groups is 1. The summed E-state index contributed by atoms with van der Waals surface area (Å²) in [5.74, 6) is 0. The van der Waals surface area contributed by atoms with E-state index in [1.165, 1.54) is 12.8 Å². The zero-order chi connectivity index (χ0) is 5.07. The molecule has 40 valence electrons. The van der Waals surface area contributed by atoms with E-state index < -0.39 is 0 Å². The second kappa shape index (κ2) is 0.914. The molecule has 0 aromatic heterocycles. The smallest absolute Gasteiger partial charge is 0.0739 e. The van der Waals surface area contributed by atoms with Crippen LogP contribution in [0, 0.1) is 5.41 Å². The van der Waals surface area contributed by atoms with Crippen LogP contribution in [0.5, 0.6) is 0 Å². The first kappa shape index (κ1) is 4.33. The van der Waals surface area contributed by atoms with Crippen LogP contribution in [0.2, 0.25) is 0 Å². The van der Waals surface area contributed by atoms with Crippen LogP contribution in [-0.4, -0.2) is 16.0 Å². The van der Waals surface area contributed by atoms with Crippen molar-refractivity contribution in [3.8, 4) is 0 Å². The van der Waals surface area contributed by atoms with Gasteiger partial charge in [-0.05, 0) is 12.8 Å². The van der Waals surface area contributed by atoms with Gasteiger partial charge < -0.3 is 5.11 Å². The molecule has 0 bridgehead atoms. The summed E-state index contributed by atoms with van der Waals surface area (Å²) in [5, 5.41) is 8.98. The van der Waals surface area contributed by atoms with E-state index >= 15 is 0 Å². The predicted octanol–water partition coefficient (Wildman–Crippen LogP) is 0.905. The van der Waals surface area contributed by atoms with Crippen molar-refractivity contribution in [3.63, 3.8) is 0 Å². The molecule has 0 aliphatic heterocycles. The van der Waals surface area contributed by atoms with Crippen LogP contribution in [0.15, 0.2) is 0 Å². The molecular weight excluding hydrogens is 156 g/mol. The Kier molecular flexibility index (Phi) is 0.566. The summed E-state index contributed by atoms with van der Waals surface area (Å²) < 4.78 is 0. The number of halogens is 1. The zero-order valence-electron chi connectivity index (χ0n) is 3.89. The fraction of sp³-hybridized carbons (Fsp3) is 1.00. The summed E-state index contributed by atoms with van der Waals surface area (Å²) in [4.78, 5) is 0.444. The van der Waals surface area contributed by atoms with E-state index in [0.717, 1.165) is 0 Å². The summed E-state index contributed by atoms with van der Waals surface area (Å²) in [7, 11) is 0. The molecule has 1 spiro atoms. The quantitative estimate of drug-likeness (QED) is 0.526. The first-order valence-corrected chi connectivity index (χ1v) is 3.51. The summed E-state index contributed by atoms with van der Waals surface area (Å²) in [5.41, 5.74) is 0.389. The van der Waals surface area contributed by atoms with Gasteiger partial charge in [0.25, 0.3) is 0 Å². The van der Waals surface area contributed by atoms with Crippen molar-refractivity contribution in [2.45, 2.75) is 23.8 Å². The van der Waals surface area contributed by atoms with Crippen molar-refractivity contribution >= 4 is 15.9 Å². The van der Waals surface area contributed by atoms with Crippen molar-refractivity contribution in [2.75, 3.05) is 0 Å². The van der Waals surface area contributed by atoms with Gasteiger partial charge in [0, 0.05) is 10.2 Å². The minimum Gasteiger partial charge on any atom is -0.391 e. The number of aliphatic hydroxyl groups excluding tert-OH is 1. The van der Waals surface area contributed by atoms with Crippen LogP contribution >= 0.6 is 15.9 Å². The van der Waals surface area contributed by atoms with Crippen molar-refractivity contribution in [3.05, 3.63) is 0 Å². The van der Waals surface area contributed by atoms with E-state index in [1.807, 2.05) is 0 Å². The van der Waals surface area contributed by atoms with Crippen LogP contribution in [0.3, 0.4) is 0 Å². The Balaban J connectivity index is 2.17. The molecule has 2 fully saturated rings. The minimum atomic E-state index is -0.00694. The Morgan fingerprint density at radius 2 is 2.00 bits per heavy atom. The fourth-order valence-corrected chi connectivity index (χ4v) is 2.24. The molecule has 1 nitrogen and oxygen atoms in total. The maximum atomic E-state index is 8.98. The first-order chi connectivity index (χ1) is 3.27. The molecule has 7 heavy (non-hydrogen) atoms. The highest BCUT2D eigenvalue weighted by Gasteiger charge is 2.70. The van der Waals surface area contributed by atoms with E-state index in [9.17, 15) is 0 Å². The molecule has 0 saturated heterocycles. The van der Waals surface area contributed by atoms with Crippen LogP contribution in [0.4, 0.5) is 0 Å². The van der Waals surface area contributed by atoms with Gasteiger partial charge in [0.05, 0.1) is 6.10 Å². The van der Waals surface area contributed by atoms with Gasteiger partial charge in [-0.15, -0.1) is 0 Å². The molecule has 0 radical (unpaired) electrons. The molecule has 2 saturated carbocycles. The monoisotopic (exact) mass is 162 g/mol. The molecule has 0 amide bonds. The molecule has 0 aromatic carbocycles. The van der Waals surface area contributed by atoms with Gasteiger partial charge in [-0.2, -0.15) is 0 Å². The Bertz CT molecular complexity index is 98.6. The Morgan fingerprint density at radius 3 is 2.00 bits per heavy atom. The van der Waals surface area contributed by atoms with Crippen molar-refractivity contribution in [1.29, 1.82) is 0 Å². The van der Waals surface area contributed by atoms with Crippen molar-refractivity contribution < 1.29 is 5.11 Å². The third kappa shape index (κ3) is 0.336. The van der Waals surface area contributed by atoms with Gasteiger partial charge in [-0.3, -0.25) is 0 Å². The zero-order valence-corrected chi connectivity index (χ0v) is 5.48. The van der Waals surface area contributed by atoms with Crippen LogP contribution in [0.25, 0.3) is 0 Å². The van der Waals surface area contributed by atoms with Crippen LogP contribution in [-0.2, 0) is 0 Å². The molecule has 2 aliphatic carbocycles. The van der Waals surface area contributed by atoms with Crippen LogP contribution < -0.4 is 0 Å². The highest BCUT2D eigenvalue weighted by molar-refractivity contribution is 9.09. The second-order valence-corrected chi connectivity index (χ2v) is 3.57. The lowest BCUT2D eigenvalue weighted by molar-refractivity contribution is 0.256. The lowest BCUT2D eigenvalue weighted by Crippen LogP contribution is -1.80. The molecule has 2 atom stereocenters. The van der Waals surface area contributed by atoms with Gasteiger partial charge >= 0.3 is 0 Å². The van der Waals surface area contributed by atoms with E-state index in [2.05, 4.69) is 15.9 Å². The molecule has 2 rings (SSSR count). The molecule has 2 unspecified atom stereocenters. The fourth-order valence-electron chi connectivity index (χ4n) is 1.14. The van der Waals surface area contributed by atoms with Gasteiger partial charge in [0.1, 0.15) is 0 Å². The summed E-state index contributed by atoms with van der Waals surface area (Å²) in [6.07, 6.45) is 2.47. The standard InChI is InChI=1S/C5H7BrO/c6-3-4(7)5(3)1-2-5/h3-4,7H,1-2H2. The second-order valence-electron chi connectivity index (χ2n) is 2.58. The minimum absolute atomic E-state index is 0.00694. The first-order valence-electron chi connectivity index (χ1n) is 2.59. The number of rotatable bonds is 0. The molecular formula is C5H7BrO. The van der Waals surface area contributed by atoms with Gasteiger partial charge in [0.15, 0.2) is 0 Å². The number of hydrogen-bond donors (Lipinski definition) is 1. The van der Waals surface area contributed by atoms with Gasteiger partial charge in [0.2, 0.25) is 0 Å². The number of hydrogen-bond acceptors (Lipinski definition) is 1. The maximum absolute atomic E-state index is 8.98. The molecule has 2 heteroatoms. The normalized spacial score (nSPS) is 52.3. The SMILES string of the molecule is OC1C(Br)C12CC2. The largest absolute Gasteiger partial charge is 0.391 e. The lowest BCUT2D eigenvalue weighted by Gasteiger charge is -1.71. The summed E-state index contributed by atoms with van der Waals surface area (Å²) >= 11 is 3.38. The van der Waals surface area contributed by atoms with Crippen molar-refractivity contribution in [1.82, 2.24) is 0 Å². The van der Waals surface area contributed by atoms with E-state index in [4.69, 9.17) is 5.11 Å². The molecule has 2 aliphatic rings. The van der Waals surface area contributed by atoms with E-state index in [1.54, 1.807) is 0 Å². The summed E-state index contributed by atoms with van der Waals surface area (Å²) in [6.45, 7) is 0. The molecule has 0 heterocycles. The van der Waals surface area contributed by atoms with E-state index in [-0.39, 0.29) is 6.10 Å².